The smallest absolute Gasteiger partial charge is 0.0991 e. The van der Waals surface area contributed by atoms with Gasteiger partial charge in [0.05, 0.1) is 31.0 Å². The summed E-state index contributed by atoms with van der Waals surface area (Å²) in [6, 6.07) is -0.612. The third-order valence-electron chi connectivity index (χ3n) is 3.11. The molecule has 4 N–H and O–H groups in total. The molecule has 0 saturated carbocycles. The van der Waals surface area contributed by atoms with Crippen molar-refractivity contribution >= 4 is 0 Å². The molecule has 2 heterocycles. The van der Waals surface area contributed by atoms with Gasteiger partial charge in [-0.1, -0.05) is 0 Å². The number of nitrogens with zero attached hydrogens (tertiary/aromatic N) is 1. The second kappa shape index (κ2) is 3.18. The van der Waals surface area contributed by atoms with E-state index >= 15 is 0 Å². The van der Waals surface area contributed by atoms with Gasteiger partial charge in [-0.25, -0.2) is 0 Å². The van der Waals surface area contributed by atoms with Crippen LogP contribution in [0.1, 0.15) is 6.42 Å². The molecule has 0 aromatic rings. The fraction of sp³-hybridized carbons (Fsp3) is 1.00. The molecule has 2 aliphatic rings. The Morgan fingerprint density at radius 1 is 1.15 bits per heavy atom. The van der Waals surface area contributed by atoms with E-state index in [1.54, 1.807) is 4.90 Å². The van der Waals surface area contributed by atoms with E-state index in [2.05, 4.69) is 0 Å². The molecule has 2 saturated heterocycles. The third kappa shape index (κ3) is 1.28. The van der Waals surface area contributed by atoms with Crippen LogP contribution in [0.2, 0.25) is 0 Å². The Kier molecular flexibility index (Phi) is 2.29. The van der Waals surface area contributed by atoms with E-state index in [0.717, 1.165) is 0 Å². The minimum atomic E-state index is -0.887. The highest BCUT2D eigenvalue weighted by Crippen LogP contribution is 2.32. The average Bonchev–Trinajstić information content (AvgIpc) is 2.54. The summed E-state index contributed by atoms with van der Waals surface area (Å²) in [5.74, 6) is 0. The molecule has 0 radical (unpaired) electrons. The van der Waals surface area contributed by atoms with E-state index in [-0.39, 0.29) is 12.6 Å². The summed E-state index contributed by atoms with van der Waals surface area (Å²) in [5.41, 5.74) is 0. The average molecular weight is 189 g/mol. The van der Waals surface area contributed by atoms with Crippen LogP contribution in [-0.4, -0.2) is 68.9 Å². The van der Waals surface area contributed by atoms with E-state index in [1.807, 2.05) is 0 Å². The van der Waals surface area contributed by atoms with Crippen molar-refractivity contribution in [3.8, 4) is 0 Å². The first-order chi connectivity index (χ1) is 6.15. The lowest BCUT2D eigenvalue weighted by molar-refractivity contribution is 0.00859. The molecule has 2 rings (SSSR count). The molecule has 5 nitrogen and oxygen atoms in total. The Morgan fingerprint density at radius 3 is 2.46 bits per heavy atom. The number of rotatable bonds is 1. The second-order valence-electron chi connectivity index (χ2n) is 3.88. The lowest BCUT2D eigenvalue weighted by atomic mass is 10.0. The predicted molar refractivity (Wildman–Crippen MR) is 44.0 cm³/mol. The van der Waals surface area contributed by atoms with Crippen molar-refractivity contribution in [1.29, 1.82) is 0 Å². The predicted octanol–water partition coefficient (Wildman–Crippen LogP) is -2.48. The fourth-order valence-corrected chi connectivity index (χ4v) is 2.45. The monoisotopic (exact) mass is 189 g/mol. The van der Waals surface area contributed by atoms with Crippen LogP contribution < -0.4 is 0 Å². The molecular weight excluding hydrogens is 174 g/mol. The molecule has 0 unspecified atom stereocenters. The van der Waals surface area contributed by atoms with E-state index in [1.165, 1.54) is 0 Å². The highest BCUT2D eigenvalue weighted by atomic mass is 16.3. The van der Waals surface area contributed by atoms with Gasteiger partial charge in [-0.05, 0) is 6.42 Å². The molecule has 13 heavy (non-hydrogen) atoms. The maximum atomic E-state index is 9.57. The van der Waals surface area contributed by atoms with E-state index in [4.69, 9.17) is 5.11 Å². The van der Waals surface area contributed by atoms with E-state index < -0.39 is 24.4 Å². The van der Waals surface area contributed by atoms with Gasteiger partial charge in [0.15, 0.2) is 0 Å². The molecule has 5 atom stereocenters. The van der Waals surface area contributed by atoms with Crippen molar-refractivity contribution in [3.05, 3.63) is 0 Å². The Hall–Kier alpha value is -0.200. The summed E-state index contributed by atoms with van der Waals surface area (Å²) >= 11 is 0. The summed E-state index contributed by atoms with van der Waals surface area (Å²) in [7, 11) is 0. The molecule has 5 heteroatoms. The lowest BCUT2D eigenvalue weighted by Crippen LogP contribution is -2.40. The van der Waals surface area contributed by atoms with Gasteiger partial charge < -0.3 is 20.4 Å². The molecule has 0 aromatic carbocycles. The summed E-state index contributed by atoms with van der Waals surface area (Å²) in [4.78, 5) is 1.79. The summed E-state index contributed by atoms with van der Waals surface area (Å²) in [5, 5.41) is 37.4. The summed E-state index contributed by atoms with van der Waals surface area (Å²) in [6.45, 7) is 0.255. The number of aliphatic hydroxyl groups excluding tert-OH is 4. The van der Waals surface area contributed by atoms with Gasteiger partial charge in [-0.2, -0.15) is 0 Å². The van der Waals surface area contributed by atoms with Crippen LogP contribution in [-0.2, 0) is 0 Å². The first-order valence-electron chi connectivity index (χ1n) is 4.56. The molecule has 2 aliphatic heterocycles. The Morgan fingerprint density at radius 2 is 1.85 bits per heavy atom. The van der Waals surface area contributed by atoms with Gasteiger partial charge in [0.1, 0.15) is 0 Å². The lowest BCUT2D eigenvalue weighted by Gasteiger charge is -2.22. The van der Waals surface area contributed by atoms with Crippen molar-refractivity contribution in [3.63, 3.8) is 0 Å². The number of aliphatic hydroxyl groups is 4. The minimum absolute atomic E-state index is 0.179. The fourth-order valence-electron chi connectivity index (χ4n) is 2.45. The van der Waals surface area contributed by atoms with Crippen LogP contribution in [0.4, 0.5) is 0 Å². The summed E-state index contributed by atoms with van der Waals surface area (Å²) < 4.78 is 0. The number of hydrogen-bond donors (Lipinski definition) is 4. The topological polar surface area (TPSA) is 84.2 Å². The van der Waals surface area contributed by atoms with Gasteiger partial charge in [0, 0.05) is 12.6 Å². The van der Waals surface area contributed by atoms with Gasteiger partial charge >= 0.3 is 0 Å². The van der Waals surface area contributed by atoms with Gasteiger partial charge in [0.2, 0.25) is 0 Å². The van der Waals surface area contributed by atoms with Crippen molar-refractivity contribution < 1.29 is 20.4 Å². The zero-order valence-corrected chi connectivity index (χ0v) is 7.24. The van der Waals surface area contributed by atoms with Crippen LogP contribution in [0.3, 0.4) is 0 Å². The molecule has 0 aromatic heterocycles. The minimum Gasteiger partial charge on any atom is -0.395 e. The maximum absolute atomic E-state index is 9.57. The number of hydrogen-bond acceptors (Lipinski definition) is 5. The highest BCUT2D eigenvalue weighted by Gasteiger charge is 2.51. The van der Waals surface area contributed by atoms with E-state index in [9.17, 15) is 15.3 Å². The van der Waals surface area contributed by atoms with Gasteiger partial charge in [-0.3, -0.25) is 4.90 Å². The normalized spacial score (nSPS) is 51.2. The molecule has 0 bridgehead atoms. The van der Waals surface area contributed by atoms with Gasteiger partial charge in [0.25, 0.3) is 0 Å². The zero-order valence-electron chi connectivity index (χ0n) is 7.24. The Balaban J connectivity index is 2.15. The second-order valence-corrected chi connectivity index (χ2v) is 3.88. The molecule has 0 amide bonds. The van der Waals surface area contributed by atoms with Crippen molar-refractivity contribution in [2.45, 2.75) is 36.8 Å². The standard InChI is InChI=1S/C8H15NO4/c10-3-6-8(13)7(12)5-1-4(11)2-9(5)6/h4-8,10-13H,1-3H2/t4-,5+,6+,7+,8+/m1/s1. The third-order valence-corrected chi connectivity index (χ3v) is 3.11. The van der Waals surface area contributed by atoms with Crippen LogP contribution in [0.25, 0.3) is 0 Å². The Bertz CT molecular complexity index is 199. The highest BCUT2D eigenvalue weighted by molar-refractivity contribution is 5.05. The summed E-state index contributed by atoms with van der Waals surface area (Å²) in [6.07, 6.45) is -1.69. The molecule has 76 valence electrons. The Labute approximate surface area is 76.2 Å². The quantitative estimate of drug-likeness (QED) is 0.367. The van der Waals surface area contributed by atoms with E-state index in [0.29, 0.717) is 13.0 Å². The largest absolute Gasteiger partial charge is 0.395 e. The zero-order chi connectivity index (χ0) is 9.59. The SMILES string of the molecule is OC[C@H]1[C@H](O)[C@@H](O)[C@@H]2C[C@@H](O)CN12. The van der Waals surface area contributed by atoms with Crippen LogP contribution in [0, 0.1) is 0 Å². The molecular formula is C8H15NO4. The van der Waals surface area contributed by atoms with Gasteiger partial charge in [-0.15, -0.1) is 0 Å². The maximum Gasteiger partial charge on any atom is 0.0991 e. The van der Waals surface area contributed by atoms with Crippen molar-refractivity contribution in [2.75, 3.05) is 13.2 Å². The molecule has 0 aliphatic carbocycles. The molecule has 2 fully saturated rings. The molecule has 0 spiro atoms. The first-order valence-corrected chi connectivity index (χ1v) is 4.56. The van der Waals surface area contributed by atoms with Crippen molar-refractivity contribution in [1.82, 2.24) is 4.90 Å². The first kappa shape index (κ1) is 9.36. The van der Waals surface area contributed by atoms with Crippen LogP contribution in [0.15, 0.2) is 0 Å². The van der Waals surface area contributed by atoms with Crippen molar-refractivity contribution in [2.24, 2.45) is 0 Å². The van der Waals surface area contributed by atoms with Crippen LogP contribution >= 0.6 is 0 Å². The van der Waals surface area contributed by atoms with Crippen LogP contribution in [0.5, 0.6) is 0 Å². The number of fused-ring (bicyclic) bond motifs is 1.